The van der Waals surface area contributed by atoms with Gasteiger partial charge in [-0.3, -0.25) is 9.80 Å². The van der Waals surface area contributed by atoms with Crippen LogP contribution in [0.2, 0.25) is 0 Å². The molecule has 0 unspecified atom stereocenters. The Kier molecular flexibility index (Phi) is 10.2. The summed E-state index contributed by atoms with van der Waals surface area (Å²) in [4.78, 5) is 9.69. The van der Waals surface area contributed by atoms with Gasteiger partial charge in [-0.15, -0.1) is 0 Å². The van der Waals surface area contributed by atoms with Crippen LogP contribution < -0.4 is 10.6 Å². The lowest BCUT2D eigenvalue weighted by Gasteiger charge is -2.26. The summed E-state index contributed by atoms with van der Waals surface area (Å²) in [6.45, 7) is 16.9. The van der Waals surface area contributed by atoms with E-state index in [-0.39, 0.29) is 0 Å². The van der Waals surface area contributed by atoms with Gasteiger partial charge in [0.25, 0.3) is 0 Å². The summed E-state index contributed by atoms with van der Waals surface area (Å²) >= 11 is 0. The van der Waals surface area contributed by atoms with Crippen molar-refractivity contribution in [1.82, 2.24) is 20.4 Å². The van der Waals surface area contributed by atoms with Crippen LogP contribution in [0.3, 0.4) is 0 Å². The van der Waals surface area contributed by atoms with Crippen LogP contribution in [-0.2, 0) is 17.8 Å². The van der Waals surface area contributed by atoms with E-state index in [1.54, 1.807) is 0 Å². The molecule has 2 rings (SSSR count). The smallest absolute Gasteiger partial charge is 0.191 e. The molecule has 0 amide bonds. The van der Waals surface area contributed by atoms with Gasteiger partial charge in [-0.2, -0.15) is 0 Å². The number of rotatable bonds is 10. The SMILES string of the molecule is CCNC(=NCc1ccccc1CN(CC)CC)NCCN1CCOCC1. The highest BCUT2D eigenvalue weighted by atomic mass is 16.5. The Morgan fingerprint density at radius 3 is 2.44 bits per heavy atom. The minimum absolute atomic E-state index is 0.699. The van der Waals surface area contributed by atoms with E-state index in [4.69, 9.17) is 9.73 Å². The van der Waals surface area contributed by atoms with Crippen LogP contribution in [0, 0.1) is 0 Å². The highest BCUT2D eigenvalue weighted by molar-refractivity contribution is 5.79. The monoisotopic (exact) mass is 375 g/mol. The molecule has 1 fully saturated rings. The lowest BCUT2D eigenvalue weighted by Crippen LogP contribution is -2.44. The van der Waals surface area contributed by atoms with Crippen molar-refractivity contribution in [2.75, 3.05) is 59.0 Å². The van der Waals surface area contributed by atoms with Crippen molar-refractivity contribution in [1.29, 1.82) is 0 Å². The molecule has 0 aromatic heterocycles. The number of nitrogens with zero attached hydrogens (tertiary/aromatic N) is 3. The van der Waals surface area contributed by atoms with E-state index in [2.05, 4.69) is 65.5 Å². The molecule has 2 N–H and O–H groups in total. The van der Waals surface area contributed by atoms with Crippen molar-refractivity contribution in [3.8, 4) is 0 Å². The van der Waals surface area contributed by atoms with Crippen LogP contribution >= 0.6 is 0 Å². The van der Waals surface area contributed by atoms with Gasteiger partial charge in [0.05, 0.1) is 19.8 Å². The van der Waals surface area contributed by atoms with E-state index in [1.807, 2.05) is 0 Å². The summed E-state index contributed by atoms with van der Waals surface area (Å²) < 4.78 is 5.41. The predicted molar refractivity (Wildman–Crippen MR) is 113 cm³/mol. The Morgan fingerprint density at radius 2 is 1.78 bits per heavy atom. The lowest BCUT2D eigenvalue weighted by atomic mass is 10.1. The minimum atomic E-state index is 0.699. The van der Waals surface area contributed by atoms with Gasteiger partial charge >= 0.3 is 0 Å². The van der Waals surface area contributed by atoms with Crippen molar-refractivity contribution in [3.05, 3.63) is 35.4 Å². The molecule has 1 aromatic carbocycles. The molecule has 152 valence electrons. The Bertz CT molecular complexity index is 553. The minimum Gasteiger partial charge on any atom is -0.379 e. The first-order chi connectivity index (χ1) is 13.3. The van der Waals surface area contributed by atoms with Crippen molar-refractivity contribution >= 4 is 5.96 Å². The molecule has 0 aliphatic carbocycles. The maximum absolute atomic E-state index is 5.41. The molecule has 27 heavy (non-hydrogen) atoms. The molecule has 6 heteroatoms. The highest BCUT2D eigenvalue weighted by Gasteiger charge is 2.10. The van der Waals surface area contributed by atoms with Crippen LogP contribution in [0.1, 0.15) is 31.9 Å². The van der Waals surface area contributed by atoms with Gasteiger partial charge in [0.2, 0.25) is 0 Å². The number of hydrogen-bond acceptors (Lipinski definition) is 4. The summed E-state index contributed by atoms with van der Waals surface area (Å²) in [5.74, 6) is 0.892. The van der Waals surface area contributed by atoms with Gasteiger partial charge in [-0.25, -0.2) is 4.99 Å². The van der Waals surface area contributed by atoms with E-state index in [0.717, 1.165) is 71.5 Å². The van der Waals surface area contributed by atoms with Gasteiger partial charge in [-0.05, 0) is 31.1 Å². The maximum Gasteiger partial charge on any atom is 0.191 e. The first-order valence-corrected chi connectivity index (χ1v) is 10.4. The molecule has 0 saturated carbocycles. The normalized spacial score (nSPS) is 15.9. The molecule has 1 heterocycles. The maximum atomic E-state index is 5.41. The van der Waals surface area contributed by atoms with Crippen LogP contribution in [-0.4, -0.2) is 74.8 Å². The topological polar surface area (TPSA) is 52.1 Å². The lowest BCUT2D eigenvalue weighted by molar-refractivity contribution is 0.0389. The number of benzene rings is 1. The molecule has 0 radical (unpaired) electrons. The largest absolute Gasteiger partial charge is 0.379 e. The van der Waals surface area contributed by atoms with E-state index in [9.17, 15) is 0 Å². The average Bonchev–Trinajstić information content (AvgIpc) is 2.71. The van der Waals surface area contributed by atoms with Crippen LogP contribution in [0.25, 0.3) is 0 Å². The number of nitrogens with one attached hydrogen (secondary N) is 2. The van der Waals surface area contributed by atoms with E-state index >= 15 is 0 Å². The second-order valence-corrected chi connectivity index (χ2v) is 6.81. The zero-order chi connectivity index (χ0) is 19.3. The summed E-state index contributed by atoms with van der Waals surface area (Å²) in [7, 11) is 0. The third-order valence-electron chi connectivity index (χ3n) is 4.98. The molecule has 0 bridgehead atoms. The van der Waals surface area contributed by atoms with Crippen molar-refractivity contribution in [2.45, 2.75) is 33.9 Å². The highest BCUT2D eigenvalue weighted by Crippen LogP contribution is 2.13. The quantitative estimate of drug-likeness (QED) is 0.483. The second-order valence-electron chi connectivity index (χ2n) is 6.81. The Balaban J connectivity index is 1.91. The van der Waals surface area contributed by atoms with Crippen LogP contribution in [0.15, 0.2) is 29.3 Å². The molecular formula is C21H37N5O. The Hall–Kier alpha value is -1.63. The first kappa shape index (κ1) is 21.7. The number of ether oxygens (including phenoxy) is 1. The second kappa shape index (κ2) is 12.7. The van der Waals surface area contributed by atoms with Crippen LogP contribution in [0.5, 0.6) is 0 Å². The van der Waals surface area contributed by atoms with E-state index < -0.39 is 0 Å². The molecule has 1 saturated heterocycles. The fourth-order valence-electron chi connectivity index (χ4n) is 3.22. The predicted octanol–water partition coefficient (Wildman–Crippen LogP) is 1.92. The summed E-state index contributed by atoms with van der Waals surface area (Å²) in [5, 5.41) is 6.83. The zero-order valence-corrected chi connectivity index (χ0v) is 17.3. The summed E-state index contributed by atoms with van der Waals surface area (Å²) in [5.41, 5.74) is 2.67. The van der Waals surface area contributed by atoms with Crippen LogP contribution in [0.4, 0.5) is 0 Å². The fraction of sp³-hybridized carbons (Fsp3) is 0.667. The summed E-state index contributed by atoms with van der Waals surface area (Å²) in [6, 6.07) is 8.65. The van der Waals surface area contributed by atoms with Gasteiger partial charge in [0.15, 0.2) is 5.96 Å². The molecule has 1 aliphatic rings. The van der Waals surface area contributed by atoms with Crippen molar-refractivity contribution in [2.24, 2.45) is 4.99 Å². The number of aliphatic imine (C=N–C) groups is 1. The Labute approximate surface area is 165 Å². The number of guanidine groups is 1. The van der Waals surface area contributed by atoms with E-state index in [1.165, 1.54) is 11.1 Å². The standard InChI is InChI=1S/C21H37N5O/c1-4-22-21(23-11-12-26-13-15-27-16-14-26)24-17-19-9-7-8-10-20(19)18-25(5-2)6-3/h7-10H,4-6,11-18H2,1-3H3,(H2,22,23,24). The van der Waals surface area contributed by atoms with Gasteiger partial charge in [0.1, 0.15) is 0 Å². The van der Waals surface area contributed by atoms with Gasteiger partial charge < -0.3 is 15.4 Å². The number of morpholine rings is 1. The fourth-order valence-corrected chi connectivity index (χ4v) is 3.22. The third-order valence-corrected chi connectivity index (χ3v) is 4.98. The molecule has 0 atom stereocenters. The van der Waals surface area contributed by atoms with Gasteiger partial charge in [0, 0.05) is 39.3 Å². The summed E-state index contributed by atoms with van der Waals surface area (Å²) in [6.07, 6.45) is 0. The molecule has 0 spiro atoms. The molecular weight excluding hydrogens is 338 g/mol. The third kappa shape index (κ3) is 7.87. The average molecular weight is 376 g/mol. The molecule has 1 aromatic rings. The van der Waals surface area contributed by atoms with Gasteiger partial charge in [-0.1, -0.05) is 38.1 Å². The number of hydrogen-bond donors (Lipinski definition) is 2. The first-order valence-electron chi connectivity index (χ1n) is 10.4. The Morgan fingerprint density at radius 1 is 1.07 bits per heavy atom. The van der Waals surface area contributed by atoms with E-state index in [0.29, 0.717) is 6.54 Å². The molecule has 1 aliphatic heterocycles. The van der Waals surface area contributed by atoms with Crippen molar-refractivity contribution in [3.63, 3.8) is 0 Å². The van der Waals surface area contributed by atoms with Crippen molar-refractivity contribution < 1.29 is 4.74 Å². The molecule has 6 nitrogen and oxygen atoms in total. The zero-order valence-electron chi connectivity index (χ0n) is 17.3.